The predicted molar refractivity (Wildman–Crippen MR) is 70.9 cm³/mol. The van der Waals surface area contributed by atoms with E-state index >= 15 is 0 Å². The summed E-state index contributed by atoms with van der Waals surface area (Å²) in [6.45, 7) is 0. The molecule has 2 nitrogen and oxygen atoms in total. The van der Waals surface area contributed by atoms with Crippen LogP contribution >= 0.6 is 15.9 Å². The molecule has 0 radical (unpaired) electrons. The highest BCUT2D eigenvalue weighted by Crippen LogP contribution is 2.37. The van der Waals surface area contributed by atoms with E-state index in [4.69, 9.17) is 5.11 Å². The number of carbonyl (C=O) groups is 1. The number of hydrogen-bond acceptors (Lipinski definition) is 1. The number of carboxylic acids is 1. The van der Waals surface area contributed by atoms with Crippen molar-refractivity contribution in [2.75, 3.05) is 0 Å². The summed E-state index contributed by atoms with van der Waals surface area (Å²) in [4.78, 5) is 10.8. The zero-order valence-corrected chi connectivity index (χ0v) is 11.3. The minimum Gasteiger partial charge on any atom is -0.481 e. The highest BCUT2D eigenvalue weighted by molar-refractivity contribution is 9.10. The van der Waals surface area contributed by atoms with E-state index in [0.717, 1.165) is 17.3 Å². The third-order valence-electron chi connectivity index (χ3n) is 3.69. The van der Waals surface area contributed by atoms with Crippen LogP contribution in [0.2, 0.25) is 0 Å². The number of aliphatic carboxylic acids is 1. The molecule has 1 aromatic carbocycles. The first-order valence-electron chi connectivity index (χ1n) is 6.12. The molecule has 1 aliphatic carbocycles. The van der Waals surface area contributed by atoms with Gasteiger partial charge in [0, 0.05) is 10.9 Å². The van der Waals surface area contributed by atoms with Gasteiger partial charge in [-0.3, -0.25) is 4.79 Å². The molecule has 1 aliphatic rings. The Labute approximate surface area is 110 Å². The maximum absolute atomic E-state index is 10.8. The van der Waals surface area contributed by atoms with E-state index in [1.165, 1.54) is 18.4 Å². The Hall–Kier alpha value is -0.830. The van der Waals surface area contributed by atoms with Gasteiger partial charge in [0.25, 0.3) is 0 Å². The lowest BCUT2D eigenvalue weighted by Gasteiger charge is -2.18. The van der Waals surface area contributed by atoms with Crippen LogP contribution in [0, 0.1) is 11.8 Å². The summed E-state index contributed by atoms with van der Waals surface area (Å²) >= 11 is 3.56. The molecule has 2 atom stereocenters. The lowest BCUT2D eigenvalue weighted by molar-refractivity contribution is -0.138. The minimum absolute atomic E-state index is 0.328. The second-order valence-electron chi connectivity index (χ2n) is 4.84. The maximum atomic E-state index is 10.8. The smallest absolute Gasteiger partial charge is 0.303 e. The van der Waals surface area contributed by atoms with E-state index in [0.29, 0.717) is 18.3 Å². The Morgan fingerprint density at radius 3 is 2.71 bits per heavy atom. The Kier molecular flexibility index (Phi) is 4.21. The van der Waals surface area contributed by atoms with E-state index in [2.05, 4.69) is 28.1 Å². The van der Waals surface area contributed by atoms with Crippen molar-refractivity contribution in [2.24, 2.45) is 11.8 Å². The zero-order valence-electron chi connectivity index (χ0n) is 9.73. The molecule has 0 saturated heterocycles. The molecule has 0 amide bonds. The fraction of sp³-hybridized carbons (Fsp3) is 0.500. The van der Waals surface area contributed by atoms with Gasteiger partial charge in [-0.15, -0.1) is 0 Å². The fourth-order valence-electron chi connectivity index (χ4n) is 2.82. The van der Waals surface area contributed by atoms with Crippen molar-refractivity contribution in [2.45, 2.75) is 32.1 Å². The molecule has 92 valence electrons. The maximum Gasteiger partial charge on any atom is 0.303 e. The highest BCUT2D eigenvalue weighted by atomic mass is 79.9. The number of benzene rings is 1. The van der Waals surface area contributed by atoms with Crippen molar-refractivity contribution in [1.82, 2.24) is 0 Å². The van der Waals surface area contributed by atoms with Gasteiger partial charge in [-0.2, -0.15) is 0 Å². The van der Waals surface area contributed by atoms with E-state index in [1.54, 1.807) is 0 Å². The predicted octanol–water partition coefficient (Wildman–Crippen LogP) is 3.88. The highest BCUT2D eigenvalue weighted by Gasteiger charge is 2.29. The second-order valence-corrected chi connectivity index (χ2v) is 5.70. The van der Waals surface area contributed by atoms with E-state index in [1.807, 2.05) is 12.1 Å². The van der Waals surface area contributed by atoms with Crippen LogP contribution in [0.15, 0.2) is 28.7 Å². The van der Waals surface area contributed by atoms with Crippen LogP contribution in [0.25, 0.3) is 0 Å². The normalized spacial score (nSPS) is 23.8. The Morgan fingerprint density at radius 2 is 2.00 bits per heavy atom. The average molecular weight is 297 g/mol. The summed E-state index contributed by atoms with van der Waals surface area (Å²) in [5.41, 5.74) is 1.30. The molecule has 17 heavy (non-hydrogen) atoms. The molecule has 1 aromatic rings. The van der Waals surface area contributed by atoms with Gasteiger partial charge in [-0.05, 0) is 42.7 Å². The van der Waals surface area contributed by atoms with Crippen molar-refractivity contribution in [3.05, 3.63) is 34.3 Å². The number of carboxylic acid groups (broad SMARTS) is 1. The van der Waals surface area contributed by atoms with Gasteiger partial charge in [0.05, 0.1) is 0 Å². The Morgan fingerprint density at radius 1 is 1.29 bits per heavy atom. The first kappa shape index (κ1) is 12.6. The van der Waals surface area contributed by atoms with Crippen LogP contribution in [-0.2, 0) is 11.2 Å². The van der Waals surface area contributed by atoms with Gasteiger partial charge < -0.3 is 5.11 Å². The number of rotatable bonds is 4. The van der Waals surface area contributed by atoms with Crippen LogP contribution in [-0.4, -0.2) is 11.1 Å². The molecule has 0 spiro atoms. The molecule has 0 aliphatic heterocycles. The zero-order chi connectivity index (χ0) is 12.3. The van der Waals surface area contributed by atoms with Gasteiger partial charge >= 0.3 is 5.97 Å². The minimum atomic E-state index is -0.658. The summed E-state index contributed by atoms with van der Waals surface area (Å²) < 4.78 is 1.14. The lowest BCUT2D eigenvalue weighted by atomic mass is 9.87. The SMILES string of the molecule is O=C(O)CC1CCCC1Cc1ccccc1Br. The van der Waals surface area contributed by atoms with Crippen molar-refractivity contribution >= 4 is 21.9 Å². The molecule has 1 fully saturated rings. The fourth-order valence-corrected chi connectivity index (χ4v) is 3.27. The molecular formula is C14H17BrO2. The van der Waals surface area contributed by atoms with Crippen LogP contribution in [0.4, 0.5) is 0 Å². The van der Waals surface area contributed by atoms with Crippen LogP contribution in [0.5, 0.6) is 0 Å². The van der Waals surface area contributed by atoms with E-state index < -0.39 is 5.97 Å². The molecule has 3 heteroatoms. The second kappa shape index (κ2) is 5.67. The van der Waals surface area contributed by atoms with Crippen molar-refractivity contribution in [3.8, 4) is 0 Å². The third-order valence-corrected chi connectivity index (χ3v) is 4.47. The monoisotopic (exact) mass is 296 g/mol. The van der Waals surface area contributed by atoms with Gasteiger partial charge in [-0.25, -0.2) is 0 Å². The molecule has 1 N–H and O–H groups in total. The van der Waals surface area contributed by atoms with Crippen LogP contribution in [0.1, 0.15) is 31.2 Å². The molecule has 1 saturated carbocycles. The molecule has 0 aromatic heterocycles. The summed E-state index contributed by atoms with van der Waals surface area (Å²) in [6, 6.07) is 8.23. The summed E-state index contributed by atoms with van der Waals surface area (Å²) in [5, 5.41) is 8.90. The van der Waals surface area contributed by atoms with Crippen molar-refractivity contribution < 1.29 is 9.90 Å². The van der Waals surface area contributed by atoms with Gasteiger partial charge in [0.1, 0.15) is 0 Å². The first-order chi connectivity index (χ1) is 8.16. The van der Waals surface area contributed by atoms with Gasteiger partial charge in [0.15, 0.2) is 0 Å². The van der Waals surface area contributed by atoms with Crippen molar-refractivity contribution in [1.29, 1.82) is 0 Å². The van der Waals surface area contributed by atoms with Gasteiger partial charge in [-0.1, -0.05) is 40.5 Å². The molecule has 2 unspecified atom stereocenters. The topological polar surface area (TPSA) is 37.3 Å². The average Bonchev–Trinajstić information content (AvgIpc) is 2.68. The van der Waals surface area contributed by atoms with Crippen LogP contribution < -0.4 is 0 Å². The number of hydrogen-bond donors (Lipinski definition) is 1. The first-order valence-corrected chi connectivity index (χ1v) is 6.91. The third kappa shape index (κ3) is 3.32. The summed E-state index contributed by atoms with van der Waals surface area (Å²) in [6.07, 6.45) is 4.74. The summed E-state index contributed by atoms with van der Waals surface area (Å²) in [5.74, 6) is 0.235. The lowest BCUT2D eigenvalue weighted by Crippen LogP contribution is -2.15. The summed E-state index contributed by atoms with van der Waals surface area (Å²) in [7, 11) is 0. The Balaban J connectivity index is 2.03. The molecule has 0 heterocycles. The Bertz CT molecular complexity index is 403. The molecule has 0 bridgehead atoms. The van der Waals surface area contributed by atoms with Gasteiger partial charge in [0.2, 0.25) is 0 Å². The van der Waals surface area contributed by atoms with E-state index in [9.17, 15) is 4.79 Å². The molecule has 2 rings (SSSR count). The standard InChI is InChI=1S/C14H17BrO2/c15-13-7-2-1-4-12(13)8-10-5-3-6-11(10)9-14(16)17/h1-2,4,7,10-11H,3,5-6,8-9H2,(H,16,17). The largest absolute Gasteiger partial charge is 0.481 e. The quantitative estimate of drug-likeness (QED) is 0.915. The number of halogens is 1. The molecular weight excluding hydrogens is 280 g/mol. The van der Waals surface area contributed by atoms with Crippen molar-refractivity contribution in [3.63, 3.8) is 0 Å². The van der Waals surface area contributed by atoms with Crippen LogP contribution in [0.3, 0.4) is 0 Å². The van der Waals surface area contributed by atoms with E-state index in [-0.39, 0.29) is 0 Å².